The van der Waals surface area contributed by atoms with Crippen LogP contribution in [0, 0.1) is 13.8 Å². The molecule has 2 N–H and O–H groups in total. The Morgan fingerprint density at radius 3 is 2.44 bits per heavy atom. The fraction of sp³-hybridized carbons (Fsp3) is 0.385. The topological polar surface area (TPSA) is 106 Å². The molecule has 0 bridgehead atoms. The molecule has 182 valence electrons. The van der Waals surface area contributed by atoms with Gasteiger partial charge in [-0.3, -0.25) is 9.59 Å². The number of hydrogen-bond donors (Lipinski definition) is 2. The van der Waals surface area contributed by atoms with Crippen LogP contribution in [-0.2, 0) is 14.3 Å². The standard InChI is InChI=1S/C26H31NO7/c1-6-34-21-14-17(8-9-19(21)28)23-22(25(30)26(31)27(23)10-7-11-32-4)24(29)18-12-16(3)20(33-5)13-15(18)2/h8-9,12-14,23,28-29H,6-7,10-11H2,1-5H3/b24-22+. The van der Waals surface area contributed by atoms with E-state index in [1.807, 2.05) is 6.92 Å². The maximum absolute atomic E-state index is 13.2. The minimum Gasteiger partial charge on any atom is -0.507 e. The number of Topliss-reactive ketones (excluding diaryl/α,β-unsaturated/α-hetero) is 1. The first-order chi connectivity index (χ1) is 16.2. The van der Waals surface area contributed by atoms with Crippen LogP contribution in [-0.4, -0.2) is 60.8 Å². The number of phenolic OH excluding ortho intramolecular Hbond substituents is 1. The van der Waals surface area contributed by atoms with Crippen LogP contribution in [0.2, 0.25) is 0 Å². The third-order valence-corrected chi connectivity index (χ3v) is 5.88. The van der Waals surface area contributed by atoms with Crippen LogP contribution >= 0.6 is 0 Å². The number of rotatable bonds is 9. The summed E-state index contributed by atoms with van der Waals surface area (Å²) < 4.78 is 16.0. The molecule has 0 aliphatic carbocycles. The van der Waals surface area contributed by atoms with Gasteiger partial charge in [0.15, 0.2) is 11.5 Å². The lowest BCUT2D eigenvalue weighted by Crippen LogP contribution is -2.31. The van der Waals surface area contributed by atoms with Crippen molar-refractivity contribution in [3.8, 4) is 17.2 Å². The Labute approximate surface area is 199 Å². The highest BCUT2D eigenvalue weighted by atomic mass is 16.5. The highest BCUT2D eigenvalue weighted by Crippen LogP contribution is 2.42. The number of aliphatic hydroxyl groups excluding tert-OH is 1. The summed E-state index contributed by atoms with van der Waals surface area (Å²) in [5.41, 5.74) is 2.46. The summed E-state index contributed by atoms with van der Waals surface area (Å²) in [6.07, 6.45) is 0.511. The van der Waals surface area contributed by atoms with Crippen LogP contribution in [0.1, 0.15) is 41.6 Å². The van der Waals surface area contributed by atoms with Crippen LogP contribution in [0.4, 0.5) is 0 Å². The van der Waals surface area contributed by atoms with E-state index in [1.54, 1.807) is 52.3 Å². The summed E-state index contributed by atoms with van der Waals surface area (Å²) in [6.45, 7) is 6.42. The highest BCUT2D eigenvalue weighted by Gasteiger charge is 2.46. The number of aryl methyl sites for hydroxylation is 2. The second-order valence-electron chi connectivity index (χ2n) is 8.14. The average Bonchev–Trinajstić information content (AvgIpc) is 3.06. The number of amides is 1. The lowest BCUT2D eigenvalue weighted by molar-refractivity contribution is -0.140. The fourth-order valence-corrected chi connectivity index (χ4v) is 4.22. The van der Waals surface area contributed by atoms with Gasteiger partial charge in [0.05, 0.1) is 25.3 Å². The molecule has 1 heterocycles. The van der Waals surface area contributed by atoms with Gasteiger partial charge in [-0.2, -0.15) is 0 Å². The summed E-state index contributed by atoms with van der Waals surface area (Å²) in [4.78, 5) is 27.7. The average molecular weight is 470 g/mol. The van der Waals surface area contributed by atoms with Crippen molar-refractivity contribution in [2.45, 2.75) is 33.2 Å². The Morgan fingerprint density at radius 1 is 1.06 bits per heavy atom. The molecule has 3 rings (SSSR count). The number of carbonyl (C=O) groups is 2. The van der Waals surface area contributed by atoms with E-state index in [-0.39, 0.29) is 29.4 Å². The van der Waals surface area contributed by atoms with Crippen LogP contribution in [0.15, 0.2) is 35.9 Å². The van der Waals surface area contributed by atoms with Crippen molar-refractivity contribution in [3.63, 3.8) is 0 Å². The van der Waals surface area contributed by atoms with E-state index in [9.17, 15) is 19.8 Å². The van der Waals surface area contributed by atoms with Crippen LogP contribution < -0.4 is 9.47 Å². The van der Waals surface area contributed by atoms with Crippen LogP contribution in [0.3, 0.4) is 0 Å². The predicted octanol–water partition coefficient (Wildman–Crippen LogP) is 3.87. The number of aromatic hydroxyl groups is 1. The monoisotopic (exact) mass is 469 g/mol. The smallest absolute Gasteiger partial charge is 0.295 e. The Morgan fingerprint density at radius 2 is 1.79 bits per heavy atom. The zero-order chi connectivity index (χ0) is 25.0. The highest BCUT2D eigenvalue weighted by molar-refractivity contribution is 6.46. The van der Waals surface area contributed by atoms with Gasteiger partial charge in [-0.1, -0.05) is 6.07 Å². The lowest BCUT2D eigenvalue weighted by Gasteiger charge is -2.26. The number of nitrogens with zero attached hydrogens (tertiary/aromatic N) is 1. The molecule has 0 saturated carbocycles. The predicted molar refractivity (Wildman–Crippen MR) is 127 cm³/mol. The number of phenols is 1. The Kier molecular flexibility index (Phi) is 7.83. The quantitative estimate of drug-likeness (QED) is 0.249. The second kappa shape index (κ2) is 10.6. The summed E-state index contributed by atoms with van der Waals surface area (Å²) >= 11 is 0. The molecule has 0 spiro atoms. The molecule has 2 aromatic carbocycles. The number of likely N-dealkylation sites (tertiary alicyclic amines) is 1. The van der Waals surface area contributed by atoms with Crippen molar-refractivity contribution < 1.29 is 34.0 Å². The first-order valence-electron chi connectivity index (χ1n) is 11.1. The van der Waals surface area contributed by atoms with Crippen molar-refractivity contribution in [1.82, 2.24) is 4.90 Å². The number of methoxy groups -OCH3 is 2. The first-order valence-corrected chi connectivity index (χ1v) is 11.1. The van der Waals surface area contributed by atoms with Gasteiger partial charge >= 0.3 is 0 Å². The molecule has 1 atom stereocenters. The molecule has 2 aromatic rings. The molecule has 1 aliphatic rings. The van der Waals surface area contributed by atoms with Crippen molar-refractivity contribution in [2.75, 3.05) is 34.0 Å². The van der Waals surface area contributed by atoms with Gasteiger partial charge in [0.1, 0.15) is 11.5 Å². The number of ketones is 1. The molecule has 1 aliphatic heterocycles. The summed E-state index contributed by atoms with van der Waals surface area (Å²) in [5, 5.41) is 21.5. The summed E-state index contributed by atoms with van der Waals surface area (Å²) in [5.74, 6) is -0.879. The number of ether oxygens (including phenoxy) is 3. The number of benzene rings is 2. The molecule has 1 unspecified atom stereocenters. The first kappa shape index (κ1) is 25.1. The van der Waals surface area contributed by atoms with E-state index in [4.69, 9.17) is 14.2 Å². The SMILES string of the molecule is CCOc1cc(C2/C(=C(\O)c3cc(C)c(OC)cc3C)C(=O)C(=O)N2CCCOC)ccc1O. The largest absolute Gasteiger partial charge is 0.507 e. The molecule has 34 heavy (non-hydrogen) atoms. The molecule has 0 radical (unpaired) electrons. The van der Waals surface area contributed by atoms with Crippen molar-refractivity contribution >= 4 is 17.4 Å². The number of hydrogen-bond acceptors (Lipinski definition) is 7. The van der Waals surface area contributed by atoms with Crippen LogP contribution in [0.5, 0.6) is 17.2 Å². The third-order valence-electron chi connectivity index (χ3n) is 5.88. The van der Waals surface area contributed by atoms with Gasteiger partial charge in [0.25, 0.3) is 11.7 Å². The molecule has 8 heteroatoms. The van der Waals surface area contributed by atoms with E-state index in [0.29, 0.717) is 42.1 Å². The summed E-state index contributed by atoms with van der Waals surface area (Å²) in [6, 6.07) is 7.34. The Balaban J connectivity index is 2.21. The molecular formula is C26H31NO7. The van der Waals surface area contributed by atoms with Crippen LogP contribution in [0.25, 0.3) is 5.76 Å². The van der Waals surface area contributed by atoms with Crippen molar-refractivity contribution in [2.24, 2.45) is 0 Å². The van der Waals surface area contributed by atoms with Gasteiger partial charge in [0.2, 0.25) is 0 Å². The second-order valence-corrected chi connectivity index (χ2v) is 8.14. The van der Waals surface area contributed by atoms with E-state index in [0.717, 1.165) is 5.56 Å². The molecule has 1 fully saturated rings. The number of carbonyl (C=O) groups excluding carboxylic acids is 2. The van der Waals surface area contributed by atoms with E-state index in [1.165, 1.54) is 11.0 Å². The normalized spacial score (nSPS) is 17.3. The maximum Gasteiger partial charge on any atom is 0.295 e. The molecular weight excluding hydrogens is 438 g/mol. The van der Waals surface area contributed by atoms with E-state index in [2.05, 4.69) is 0 Å². The summed E-state index contributed by atoms with van der Waals surface area (Å²) in [7, 11) is 3.13. The Hall–Kier alpha value is -3.52. The van der Waals surface area contributed by atoms with E-state index >= 15 is 0 Å². The van der Waals surface area contributed by atoms with Crippen molar-refractivity contribution in [1.29, 1.82) is 0 Å². The fourth-order valence-electron chi connectivity index (χ4n) is 4.22. The number of aliphatic hydroxyl groups is 1. The van der Waals surface area contributed by atoms with Gasteiger partial charge in [-0.15, -0.1) is 0 Å². The zero-order valence-electron chi connectivity index (χ0n) is 20.2. The van der Waals surface area contributed by atoms with E-state index < -0.39 is 17.7 Å². The molecule has 1 saturated heterocycles. The Bertz CT molecular complexity index is 1120. The third kappa shape index (κ3) is 4.72. The van der Waals surface area contributed by atoms with Gasteiger partial charge in [-0.25, -0.2) is 0 Å². The lowest BCUT2D eigenvalue weighted by atomic mass is 9.93. The van der Waals surface area contributed by atoms with Gasteiger partial charge < -0.3 is 29.3 Å². The van der Waals surface area contributed by atoms with Crippen molar-refractivity contribution in [3.05, 3.63) is 58.2 Å². The van der Waals surface area contributed by atoms with Gasteiger partial charge in [-0.05, 0) is 68.1 Å². The minimum atomic E-state index is -0.849. The van der Waals surface area contributed by atoms with Gasteiger partial charge in [0, 0.05) is 25.8 Å². The molecule has 1 amide bonds. The minimum absolute atomic E-state index is 0.0109. The molecule has 0 aromatic heterocycles. The zero-order valence-corrected chi connectivity index (χ0v) is 20.2. The maximum atomic E-state index is 13.2. The molecule has 8 nitrogen and oxygen atoms in total.